The maximum absolute atomic E-state index is 13.1. The molecule has 0 saturated carbocycles. The highest BCUT2D eigenvalue weighted by atomic mass is 31.2. The standard InChI is InChI=1S/C76H148O17P2/c1-7-9-11-13-15-17-19-21-22-23-24-25-26-27-29-31-37-41-49-55-61-75(80)92-71(64-86-73(78)58-52-46-39-35-33-32-34-38-44-50-56-68(3)4)66-90-94(82,83)88-62-70(77)63-89-95(84,85)91-67-72(65-87-74(79)59-53-47-43-42-45-51-57-69(5)6)93-76(81)60-54-48-40-36-30-28-20-18-16-14-12-10-8-2/h68-72,77H,7-67H2,1-6H3,(H,82,83)(H,84,85)/t70-,71-,72-/m1/s1. The van der Waals surface area contributed by atoms with E-state index in [4.69, 9.17) is 37.0 Å². The highest BCUT2D eigenvalue weighted by Crippen LogP contribution is 2.45. The third-order valence-electron chi connectivity index (χ3n) is 17.7. The van der Waals surface area contributed by atoms with Gasteiger partial charge in [-0.1, -0.05) is 343 Å². The van der Waals surface area contributed by atoms with E-state index < -0.39 is 97.5 Å². The lowest BCUT2D eigenvalue weighted by Gasteiger charge is -2.21. The van der Waals surface area contributed by atoms with Gasteiger partial charge in [0.05, 0.1) is 26.4 Å². The summed E-state index contributed by atoms with van der Waals surface area (Å²) >= 11 is 0. The molecule has 0 spiro atoms. The highest BCUT2D eigenvalue weighted by molar-refractivity contribution is 7.47. The molecule has 17 nitrogen and oxygen atoms in total. The van der Waals surface area contributed by atoms with Crippen LogP contribution in [0.2, 0.25) is 0 Å². The molecule has 0 aliphatic carbocycles. The Morgan fingerprint density at radius 3 is 0.716 bits per heavy atom. The zero-order valence-electron chi connectivity index (χ0n) is 62.0. The van der Waals surface area contributed by atoms with Crippen molar-refractivity contribution < 1.29 is 80.2 Å². The van der Waals surface area contributed by atoms with Crippen molar-refractivity contribution in [1.29, 1.82) is 0 Å². The summed E-state index contributed by atoms with van der Waals surface area (Å²) in [7, 11) is -9.91. The number of phosphoric ester groups is 2. The minimum atomic E-state index is -4.96. The highest BCUT2D eigenvalue weighted by Gasteiger charge is 2.30. The topological polar surface area (TPSA) is 237 Å². The first kappa shape index (κ1) is 93.1. The molecule has 0 aromatic heterocycles. The molecule has 95 heavy (non-hydrogen) atoms. The molecule has 0 aliphatic heterocycles. The molecule has 0 bridgehead atoms. The van der Waals surface area contributed by atoms with Crippen LogP contribution in [0.4, 0.5) is 0 Å². The molecule has 2 unspecified atom stereocenters. The largest absolute Gasteiger partial charge is 0.472 e. The number of esters is 4. The van der Waals surface area contributed by atoms with Crippen molar-refractivity contribution >= 4 is 39.5 Å². The van der Waals surface area contributed by atoms with Crippen LogP contribution in [0.25, 0.3) is 0 Å². The first-order valence-corrected chi connectivity index (χ1v) is 42.5. The Morgan fingerprint density at radius 2 is 0.484 bits per heavy atom. The molecule has 0 rings (SSSR count). The van der Waals surface area contributed by atoms with Gasteiger partial charge in [0.2, 0.25) is 0 Å². The monoisotopic (exact) mass is 1400 g/mol. The Balaban J connectivity index is 5.20. The maximum atomic E-state index is 13.1. The SMILES string of the molecule is CCCCCCCCCCCCCCCCCCCCCCC(=O)O[C@H](COC(=O)CCCCCCCCCCCCC(C)C)COP(=O)(O)OC[C@@H](O)COP(=O)(O)OC[C@@H](COC(=O)CCCCCCCCC(C)C)OC(=O)CCCCCCCCCCCCCCC. The second-order valence-corrected chi connectivity index (χ2v) is 31.3. The second kappa shape index (κ2) is 67.9. The van der Waals surface area contributed by atoms with Crippen LogP contribution < -0.4 is 0 Å². The zero-order chi connectivity index (χ0) is 70.0. The fraction of sp³-hybridized carbons (Fsp3) is 0.947. The Hall–Kier alpha value is -1.94. The number of aliphatic hydroxyl groups is 1. The van der Waals surface area contributed by atoms with Gasteiger partial charge in [-0.25, -0.2) is 9.13 Å². The van der Waals surface area contributed by atoms with Gasteiger partial charge in [0.15, 0.2) is 12.2 Å². The van der Waals surface area contributed by atoms with E-state index in [-0.39, 0.29) is 25.7 Å². The molecule has 0 aromatic rings. The molecule has 0 aliphatic rings. The van der Waals surface area contributed by atoms with Crippen molar-refractivity contribution in [3.05, 3.63) is 0 Å². The molecule has 564 valence electrons. The van der Waals surface area contributed by atoms with Crippen LogP contribution in [0.15, 0.2) is 0 Å². The van der Waals surface area contributed by atoms with Gasteiger partial charge in [0.25, 0.3) is 0 Å². The third kappa shape index (κ3) is 70.3. The van der Waals surface area contributed by atoms with E-state index in [9.17, 15) is 43.2 Å². The minimum Gasteiger partial charge on any atom is -0.462 e. The Kier molecular flexibility index (Phi) is 66.5. The third-order valence-corrected chi connectivity index (χ3v) is 19.6. The van der Waals surface area contributed by atoms with Gasteiger partial charge in [-0.05, 0) is 37.5 Å². The van der Waals surface area contributed by atoms with E-state index in [1.165, 1.54) is 205 Å². The number of carbonyl (C=O) groups is 4. The van der Waals surface area contributed by atoms with Gasteiger partial charge in [-0.15, -0.1) is 0 Å². The number of hydrogen-bond acceptors (Lipinski definition) is 15. The summed E-state index contributed by atoms with van der Waals surface area (Å²) in [6, 6.07) is 0. The zero-order valence-corrected chi connectivity index (χ0v) is 63.8. The smallest absolute Gasteiger partial charge is 0.462 e. The number of unbranched alkanes of at least 4 members (excludes halogenated alkanes) is 45. The van der Waals surface area contributed by atoms with Crippen LogP contribution >= 0.6 is 15.6 Å². The summed E-state index contributed by atoms with van der Waals surface area (Å²) in [5.74, 6) is -0.679. The van der Waals surface area contributed by atoms with Crippen molar-refractivity contribution in [3.8, 4) is 0 Å². The summed E-state index contributed by atoms with van der Waals surface area (Å²) < 4.78 is 68.5. The molecule has 0 fully saturated rings. The average Bonchev–Trinajstić information content (AvgIpc) is 1.34. The second-order valence-electron chi connectivity index (χ2n) is 28.3. The molecule has 0 saturated heterocycles. The number of phosphoric acid groups is 2. The average molecular weight is 1400 g/mol. The van der Waals surface area contributed by atoms with Crippen LogP contribution in [-0.4, -0.2) is 96.7 Å². The maximum Gasteiger partial charge on any atom is 0.472 e. The van der Waals surface area contributed by atoms with Crippen LogP contribution in [0, 0.1) is 11.8 Å². The molecule has 3 N–H and O–H groups in total. The predicted molar refractivity (Wildman–Crippen MR) is 386 cm³/mol. The van der Waals surface area contributed by atoms with Crippen LogP contribution in [0.1, 0.15) is 395 Å². The number of aliphatic hydroxyl groups excluding tert-OH is 1. The van der Waals surface area contributed by atoms with Gasteiger partial charge in [-0.2, -0.15) is 0 Å². The first-order valence-electron chi connectivity index (χ1n) is 39.5. The lowest BCUT2D eigenvalue weighted by Crippen LogP contribution is -2.30. The molecule has 5 atom stereocenters. The van der Waals surface area contributed by atoms with Gasteiger partial charge < -0.3 is 33.8 Å². The van der Waals surface area contributed by atoms with E-state index in [0.717, 1.165) is 102 Å². The molecule has 19 heteroatoms. The summed E-state index contributed by atoms with van der Waals surface area (Å²) in [6.45, 7) is 9.51. The Labute approximate surface area is 581 Å². The molecule has 0 heterocycles. The number of rotatable bonds is 75. The van der Waals surface area contributed by atoms with E-state index in [2.05, 4.69) is 41.5 Å². The summed E-state index contributed by atoms with van der Waals surface area (Å²) in [5.41, 5.74) is 0. The van der Waals surface area contributed by atoms with Gasteiger partial charge in [-0.3, -0.25) is 37.3 Å². The van der Waals surface area contributed by atoms with Gasteiger partial charge >= 0.3 is 39.5 Å². The van der Waals surface area contributed by atoms with Gasteiger partial charge in [0, 0.05) is 25.7 Å². The van der Waals surface area contributed by atoms with Crippen LogP contribution in [0.5, 0.6) is 0 Å². The molecular weight excluding hydrogens is 1250 g/mol. The lowest BCUT2D eigenvalue weighted by molar-refractivity contribution is -0.161. The van der Waals surface area contributed by atoms with E-state index in [0.29, 0.717) is 31.6 Å². The lowest BCUT2D eigenvalue weighted by atomic mass is 10.0. The summed E-state index contributed by atoms with van der Waals surface area (Å²) in [5, 5.41) is 10.6. The minimum absolute atomic E-state index is 0.107. The Morgan fingerprint density at radius 1 is 0.284 bits per heavy atom. The normalized spacial score (nSPS) is 14.0. The van der Waals surface area contributed by atoms with Crippen molar-refractivity contribution in [2.75, 3.05) is 39.6 Å². The van der Waals surface area contributed by atoms with E-state index >= 15 is 0 Å². The van der Waals surface area contributed by atoms with Crippen molar-refractivity contribution in [3.63, 3.8) is 0 Å². The first-order chi connectivity index (χ1) is 45.9. The fourth-order valence-corrected chi connectivity index (χ4v) is 13.2. The number of carbonyl (C=O) groups excluding carboxylic acids is 4. The van der Waals surface area contributed by atoms with Crippen LogP contribution in [-0.2, 0) is 65.4 Å². The quantitative estimate of drug-likeness (QED) is 0.0222. The van der Waals surface area contributed by atoms with Crippen molar-refractivity contribution in [2.45, 2.75) is 413 Å². The predicted octanol–water partition coefficient (Wildman–Crippen LogP) is 22.3. The van der Waals surface area contributed by atoms with Gasteiger partial charge in [0.1, 0.15) is 19.3 Å². The molecular formula is C76H148O17P2. The molecule has 0 radical (unpaired) electrons. The summed E-state index contributed by atoms with van der Waals surface area (Å²) in [6.07, 6.45) is 55.7. The van der Waals surface area contributed by atoms with Crippen molar-refractivity contribution in [1.82, 2.24) is 0 Å². The van der Waals surface area contributed by atoms with Crippen molar-refractivity contribution in [2.24, 2.45) is 11.8 Å². The fourth-order valence-electron chi connectivity index (χ4n) is 11.7. The van der Waals surface area contributed by atoms with Crippen LogP contribution in [0.3, 0.4) is 0 Å². The molecule has 0 amide bonds. The number of hydrogen-bond donors (Lipinski definition) is 3. The van der Waals surface area contributed by atoms with E-state index in [1.807, 2.05) is 0 Å². The summed E-state index contributed by atoms with van der Waals surface area (Å²) in [4.78, 5) is 72.7. The number of ether oxygens (including phenoxy) is 4. The Bertz CT molecular complexity index is 1840. The molecule has 0 aromatic carbocycles. The van der Waals surface area contributed by atoms with E-state index in [1.54, 1.807) is 0 Å².